The van der Waals surface area contributed by atoms with Crippen molar-refractivity contribution in [2.45, 2.75) is 13.8 Å². The molecule has 5 nitrogen and oxygen atoms in total. The summed E-state index contributed by atoms with van der Waals surface area (Å²) in [5.41, 5.74) is 0.536. The average Bonchev–Trinajstić information content (AvgIpc) is 2.46. The van der Waals surface area contributed by atoms with Gasteiger partial charge in [-0.25, -0.2) is 9.97 Å². The van der Waals surface area contributed by atoms with Crippen molar-refractivity contribution in [2.24, 2.45) is 5.92 Å². The van der Waals surface area contributed by atoms with Gasteiger partial charge in [0.05, 0.1) is 6.61 Å². The van der Waals surface area contributed by atoms with Crippen LogP contribution in [0.25, 0.3) is 0 Å². The summed E-state index contributed by atoms with van der Waals surface area (Å²) >= 11 is 0. The largest absolute Gasteiger partial charge is 0.493 e. The first kappa shape index (κ1) is 14.0. The van der Waals surface area contributed by atoms with E-state index in [-0.39, 0.29) is 11.9 Å². The number of nitrogens with zero attached hydrogens (tertiary/aromatic N) is 2. The first-order valence-corrected chi connectivity index (χ1v) is 6.46. The predicted molar refractivity (Wildman–Crippen MR) is 76.8 cm³/mol. The molecule has 104 valence electrons. The Morgan fingerprint density at radius 2 is 1.85 bits per heavy atom. The maximum Gasteiger partial charge on any atom is 0.258 e. The highest BCUT2D eigenvalue weighted by atomic mass is 16.5. The third kappa shape index (κ3) is 4.05. The Hall–Kier alpha value is -2.43. The van der Waals surface area contributed by atoms with E-state index in [1.165, 1.54) is 0 Å². The maximum absolute atomic E-state index is 12.0. The van der Waals surface area contributed by atoms with Crippen LogP contribution in [0.1, 0.15) is 24.2 Å². The lowest BCUT2D eigenvalue weighted by molar-refractivity contribution is 0.102. The van der Waals surface area contributed by atoms with Gasteiger partial charge < -0.3 is 4.74 Å². The molecule has 0 saturated carbocycles. The molecule has 0 spiro atoms. The van der Waals surface area contributed by atoms with E-state index >= 15 is 0 Å². The number of hydrogen-bond donors (Lipinski definition) is 1. The molecule has 0 saturated heterocycles. The molecule has 1 amide bonds. The summed E-state index contributed by atoms with van der Waals surface area (Å²) in [6.07, 6.45) is 3.15. The van der Waals surface area contributed by atoms with E-state index in [4.69, 9.17) is 4.74 Å². The van der Waals surface area contributed by atoms with Gasteiger partial charge in [0.1, 0.15) is 5.75 Å². The minimum atomic E-state index is -0.244. The van der Waals surface area contributed by atoms with Crippen LogP contribution in [-0.2, 0) is 0 Å². The van der Waals surface area contributed by atoms with Crippen LogP contribution in [0.5, 0.6) is 5.75 Å². The highest BCUT2D eigenvalue weighted by molar-refractivity contribution is 6.03. The summed E-state index contributed by atoms with van der Waals surface area (Å²) in [7, 11) is 0. The summed E-state index contributed by atoms with van der Waals surface area (Å²) in [6, 6.07) is 8.69. The van der Waals surface area contributed by atoms with Crippen molar-refractivity contribution >= 4 is 11.9 Å². The van der Waals surface area contributed by atoms with Crippen molar-refractivity contribution in [1.82, 2.24) is 9.97 Å². The zero-order valence-corrected chi connectivity index (χ0v) is 11.5. The smallest absolute Gasteiger partial charge is 0.258 e. The fourth-order valence-corrected chi connectivity index (χ4v) is 1.50. The Morgan fingerprint density at radius 1 is 1.20 bits per heavy atom. The van der Waals surface area contributed by atoms with Gasteiger partial charge in [-0.3, -0.25) is 10.1 Å². The van der Waals surface area contributed by atoms with Crippen LogP contribution in [0.4, 0.5) is 5.95 Å². The van der Waals surface area contributed by atoms with Gasteiger partial charge in [0.25, 0.3) is 5.91 Å². The van der Waals surface area contributed by atoms with Crippen LogP contribution >= 0.6 is 0 Å². The molecular formula is C15H17N3O2. The molecule has 5 heteroatoms. The van der Waals surface area contributed by atoms with Crippen LogP contribution in [-0.4, -0.2) is 22.5 Å². The molecule has 20 heavy (non-hydrogen) atoms. The number of amides is 1. The minimum Gasteiger partial charge on any atom is -0.493 e. The molecule has 0 fully saturated rings. The second kappa shape index (κ2) is 6.65. The van der Waals surface area contributed by atoms with Crippen LogP contribution in [0.2, 0.25) is 0 Å². The first-order chi connectivity index (χ1) is 9.65. The number of benzene rings is 1. The van der Waals surface area contributed by atoms with E-state index in [0.717, 1.165) is 5.75 Å². The molecule has 0 aliphatic heterocycles. The summed E-state index contributed by atoms with van der Waals surface area (Å²) in [5, 5.41) is 2.63. The van der Waals surface area contributed by atoms with Crippen LogP contribution in [0, 0.1) is 5.92 Å². The van der Waals surface area contributed by atoms with Gasteiger partial charge in [-0.15, -0.1) is 0 Å². The van der Waals surface area contributed by atoms with E-state index in [2.05, 4.69) is 29.1 Å². The monoisotopic (exact) mass is 271 g/mol. The molecule has 0 atom stereocenters. The molecule has 0 aliphatic rings. The number of anilines is 1. The Balaban J connectivity index is 1.97. The fraction of sp³-hybridized carbons (Fsp3) is 0.267. The van der Waals surface area contributed by atoms with Crippen LogP contribution in [0.3, 0.4) is 0 Å². The molecule has 2 aromatic rings. The second-order valence-corrected chi connectivity index (χ2v) is 4.76. The summed E-state index contributed by atoms with van der Waals surface area (Å²) in [5.74, 6) is 1.27. The third-order valence-electron chi connectivity index (χ3n) is 2.49. The Kier molecular flexibility index (Phi) is 4.65. The van der Waals surface area contributed by atoms with E-state index in [9.17, 15) is 4.79 Å². The van der Waals surface area contributed by atoms with Crippen LogP contribution < -0.4 is 10.1 Å². The zero-order chi connectivity index (χ0) is 14.4. The minimum absolute atomic E-state index is 0.244. The Labute approximate surface area is 118 Å². The topological polar surface area (TPSA) is 64.1 Å². The maximum atomic E-state index is 12.0. The number of carbonyl (C=O) groups excluding carboxylic acids is 1. The van der Waals surface area contributed by atoms with Gasteiger partial charge in [-0.1, -0.05) is 13.8 Å². The molecular weight excluding hydrogens is 254 g/mol. The van der Waals surface area contributed by atoms with Crippen molar-refractivity contribution in [3.63, 3.8) is 0 Å². The van der Waals surface area contributed by atoms with Crippen molar-refractivity contribution in [2.75, 3.05) is 11.9 Å². The SMILES string of the molecule is CC(C)COc1ccc(C(=O)Nc2ncccn2)cc1. The van der Waals surface area contributed by atoms with Crippen LogP contribution in [0.15, 0.2) is 42.7 Å². The lowest BCUT2D eigenvalue weighted by Crippen LogP contribution is -2.13. The molecule has 0 radical (unpaired) electrons. The van der Waals surface area contributed by atoms with E-state index in [1.54, 1.807) is 42.7 Å². The average molecular weight is 271 g/mol. The van der Waals surface area contributed by atoms with Gasteiger partial charge in [0, 0.05) is 18.0 Å². The van der Waals surface area contributed by atoms with Gasteiger partial charge in [0.2, 0.25) is 5.95 Å². The van der Waals surface area contributed by atoms with Crippen molar-refractivity contribution in [3.05, 3.63) is 48.3 Å². The lowest BCUT2D eigenvalue weighted by Gasteiger charge is -2.09. The summed E-state index contributed by atoms with van der Waals surface area (Å²) in [4.78, 5) is 19.8. The number of nitrogens with one attached hydrogen (secondary N) is 1. The molecule has 0 aliphatic carbocycles. The normalized spacial score (nSPS) is 10.3. The van der Waals surface area contributed by atoms with E-state index < -0.39 is 0 Å². The summed E-state index contributed by atoms with van der Waals surface area (Å²) in [6.45, 7) is 4.83. The highest BCUT2D eigenvalue weighted by Crippen LogP contribution is 2.14. The predicted octanol–water partition coefficient (Wildman–Crippen LogP) is 2.76. The Bertz CT molecular complexity index is 553. The number of hydrogen-bond acceptors (Lipinski definition) is 4. The molecule has 0 bridgehead atoms. The van der Waals surface area contributed by atoms with E-state index in [1.807, 2.05) is 0 Å². The zero-order valence-electron chi connectivity index (χ0n) is 11.5. The highest BCUT2D eigenvalue weighted by Gasteiger charge is 2.07. The molecule has 2 rings (SSSR count). The van der Waals surface area contributed by atoms with Crippen molar-refractivity contribution in [3.8, 4) is 5.75 Å². The molecule has 1 N–H and O–H groups in total. The number of rotatable bonds is 5. The fourth-order valence-electron chi connectivity index (χ4n) is 1.50. The van der Waals surface area contributed by atoms with Gasteiger partial charge >= 0.3 is 0 Å². The standard InChI is InChI=1S/C15H17N3O2/c1-11(2)10-20-13-6-4-12(5-7-13)14(19)18-15-16-8-3-9-17-15/h3-9,11H,10H2,1-2H3,(H,16,17,18,19). The number of aromatic nitrogens is 2. The van der Waals surface area contributed by atoms with Gasteiger partial charge in [0.15, 0.2) is 0 Å². The van der Waals surface area contributed by atoms with Gasteiger partial charge in [-0.05, 0) is 36.2 Å². The third-order valence-corrected chi connectivity index (χ3v) is 2.49. The first-order valence-electron chi connectivity index (χ1n) is 6.46. The lowest BCUT2D eigenvalue weighted by atomic mass is 10.2. The Morgan fingerprint density at radius 3 is 2.45 bits per heavy atom. The summed E-state index contributed by atoms with van der Waals surface area (Å²) < 4.78 is 5.56. The number of ether oxygens (including phenoxy) is 1. The molecule has 1 aromatic heterocycles. The quantitative estimate of drug-likeness (QED) is 0.908. The second-order valence-electron chi connectivity index (χ2n) is 4.76. The van der Waals surface area contributed by atoms with Crippen molar-refractivity contribution < 1.29 is 9.53 Å². The van der Waals surface area contributed by atoms with E-state index in [0.29, 0.717) is 18.1 Å². The number of carbonyl (C=O) groups is 1. The molecule has 1 heterocycles. The van der Waals surface area contributed by atoms with Crippen molar-refractivity contribution in [1.29, 1.82) is 0 Å². The molecule has 1 aromatic carbocycles. The molecule has 0 unspecified atom stereocenters. The van der Waals surface area contributed by atoms with Gasteiger partial charge in [-0.2, -0.15) is 0 Å².